The number of hydrogen-bond donors (Lipinski definition) is 0. The summed E-state index contributed by atoms with van der Waals surface area (Å²) in [6, 6.07) is 12.0. The van der Waals surface area contributed by atoms with Gasteiger partial charge in [-0.25, -0.2) is 4.99 Å². The molecule has 0 saturated heterocycles. The smallest absolute Gasteiger partial charge is 0.153 e. The fourth-order valence-electron chi connectivity index (χ4n) is 2.12. The van der Waals surface area contributed by atoms with Gasteiger partial charge in [-0.3, -0.25) is 0 Å². The molecule has 0 aromatic heterocycles. The summed E-state index contributed by atoms with van der Waals surface area (Å²) in [5.41, 5.74) is 3.97. The summed E-state index contributed by atoms with van der Waals surface area (Å²) < 4.78 is 6.00. The van der Waals surface area contributed by atoms with Crippen LogP contribution >= 0.6 is 11.6 Å². The van der Waals surface area contributed by atoms with Gasteiger partial charge in [0.25, 0.3) is 0 Å². The molecular formula is C16H14ClNO. The van der Waals surface area contributed by atoms with Gasteiger partial charge in [-0.05, 0) is 48.7 Å². The number of halogens is 1. The van der Waals surface area contributed by atoms with E-state index in [0.717, 1.165) is 34.7 Å². The van der Waals surface area contributed by atoms with E-state index in [0.29, 0.717) is 5.17 Å². The Morgan fingerprint density at radius 3 is 2.74 bits per heavy atom. The molecule has 1 heterocycles. The summed E-state index contributed by atoms with van der Waals surface area (Å²) in [6.45, 7) is 4.15. The monoisotopic (exact) mass is 271 g/mol. The molecule has 3 rings (SSSR count). The Bertz CT molecular complexity index is 676. The van der Waals surface area contributed by atoms with E-state index in [1.807, 2.05) is 37.3 Å². The summed E-state index contributed by atoms with van der Waals surface area (Å²) in [5, 5.41) is 0.472. The van der Waals surface area contributed by atoms with Crippen molar-refractivity contribution in [3.63, 3.8) is 0 Å². The van der Waals surface area contributed by atoms with Crippen molar-refractivity contribution in [2.24, 2.45) is 4.99 Å². The Morgan fingerprint density at radius 2 is 1.95 bits per heavy atom. The summed E-state index contributed by atoms with van der Waals surface area (Å²) in [7, 11) is 0. The molecular weight excluding hydrogens is 258 g/mol. The third kappa shape index (κ3) is 2.24. The topological polar surface area (TPSA) is 21.6 Å². The first-order valence-electron chi connectivity index (χ1n) is 6.33. The van der Waals surface area contributed by atoms with E-state index < -0.39 is 0 Å². The molecule has 0 N–H and O–H groups in total. The number of nitrogens with zero attached hydrogens (tertiary/aromatic N) is 1. The quantitative estimate of drug-likeness (QED) is 0.717. The Kier molecular flexibility index (Phi) is 3.03. The zero-order valence-corrected chi connectivity index (χ0v) is 11.7. The number of benzene rings is 2. The van der Waals surface area contributed by atoms with Gasteiger partial charge in [-0.1, -0.05) is 30.7 Å². The van der Waals surface area contributed by atoms with Crippen molar-refractivity contribution in [3.05, 3.63) is 53.1 Å². The van der Waals surface area contributed by atoms with E-state index in [-0.39, 0.29) is 0 Å². The number of aliphatic imine (C=N–C) groups is 1. The molecule has 2 aromatic rings. The predicted molar refractivity (Wildman–Crippen MR) is 79.1 cm³/mol. The molecule has 0 unspecified atom stereocenters. The summed E-state index contributed by atoms with van der Waals surface area (Å²) >= 11 is 6.28. The minimum atomic E-state index is 0.472. The Balaban J connectivity index is 2.19. The van der Waals surface area contributed by atoms with Crippen molar-refractivity contribution in [3.8, 4) is 11.5 Å². The lowest BCUT2D eigenvalue weighted by molar-refractivity contribution is 0.484. The van der Waals surface area contributed by atoms with Gasteiger partial charge in [-0.15, -0.1) is 0 Å². The molecule has 0 saturated carbocycles. The van der Waals surface area contributed by atoms with Crippen LogP contribution in [0.4, 0.5) is 5.69 Å². The minimum Gasteiger partial charge on any atom is -0.454 e. The van der Waals surface area contributed by atoms with Crippen LogP contribution in [0.15, 0.2) is 41.4 Å². The maximum absolute atomic E-state index is 6.28. The van der Waals surface area contributed by atoms with Crippen LogP contribution in [-0.2, 0) is 6.42 Å². The van der Waals surface area contributed by atoms with Crippen LogP contribution in [0.1, 0.15) is 23.6 Å². The Morgan fingerprint density at radius 1 is 1.11 bits per heavy atom. The van der Waals surface area contributed by atoms with Gasteiger partial charge >= 0.3 is 0 Å². The number of hydrogen-bond acceptors (Lipinski definition) is 2. The number of ether oxygens (including phenoxy) is 1. The molecule has 19 heavy (non-hydrogen) atoms. The second kappa shape index (κ2) is 4.71. The van der Waals surface area contributed by atoms with E-state index in [2.05, 4.69) is 18.0 Å². The second-order valence-electron chi connectivity index (χ2n) is 4.66. The first-order valence-corrected chi connectivity index (χ1v) is 6.71. The first kappa shape index (κ1) is 12.2. The number of rotatable bonds is 1. The molecule has 2 aromatic carbocycles. The van der Waals surface area contributed by atoms with Crippen molar-refractivity contribution in [1.82, 2.24) is 0 Å². The lowest BCUT2D eigenvalue weighted by Crippen LogP contribution is -1.95. The van der Waals surface area contributed by atoms with Crippen LogP contribution in [0.25, 0.3) is 0 Å². The van der Waals surface area contributed by atoms with Gasteiger partial charge in [0.15, 0.2) is 5.75 Å². The third-order valence-electron chi connectivity index (χ3n) is 3.23. The van der Waals surface area contributed by atoms with E-state index in [9.17, 15) is 0 Å². The average Bonchev–Trinajstić information content (AvgIpc) is 2.54. The van der Waals surface area contributed by atoms with Crippen LogP contribution in [0.5, 0.6) is 11.5 Å². The van der Waals surface area contributed by atoms with E-state index in [1.165, 1.54) is 5.56 Å². The van der Waals surface area contributed by atoms with E-state index in [4.69, 9.17) is 16.3 Å². The molecule has 0 atom stereocenters. The Labute approximate surface area is 117 Å². The molecule has 0 radical (unpaired) electrons. The van der Waals surface area contributed by atoms with Gasteiger partial charge in [0, 0.05) is 0 Å². The van der Waals surface area contributed by atoms with Crippen molar-refractivity contribution < 1.29 is 4.74 Å². The molecule has 2 nitrogen and oxygen atoms in total. The van der Waals surface area contributed by atoms with Gasteiger partial charge in [0.05, 0.1) is 5.56 Å². The van der Waals surface area contributed by atoms with Crippen LogP contribution in [0.3, 0.4) is 0 Å². The molecule has 0 fully saturated rings. The molecule has 1 aliphatic heterocycles. The highest BCUT2D eigenvalue weighted by Crippen LogP contribution is 2.39. The lowest BCUT2D eigenvalue weighted by atomic mass is 10.1. The fraction of sp³-hybridized carbons (Fsp3) is 0.188. The van der Waals surface area contributed by atoms with Crippen LogP contribution in [0, 0.1) is 6.92 Å². The highest BCUT2D eigenvalue weighted by atomic mass is 35.5. The molecule has 1 aliphatic rings. The molecule has 0 spiro atoms. The minimum absolute atomic E-state index is 0.472. The van der Waals surface area contributed by atoms with Gasteiger partial charge in [0.1, 0.15) is 16.6 Å². The van der Waals surface area contributed by atoms with Gasteiger partial charge < -0.3 is 4.74 Å². The first-order chi connectivity index (χ1) is 9.17. The van der Waals surface area contributed by atoms with Crippen molar-refractivity contribution in [1.29, 1.82) is 0 Å². The normalized spacial score (nSPS) is 12.9. The van der Waals surface area contributed by atoms with Gasteiger partial charge in [-0.2, -0.15) is 0 Å². The number of fused-ring (bicyclic) bond motifs is 2. The van der Waals surface area contributed by atoms with Crippen LogP contribution in [0.2, 0.25) is 0 Å². The van der Waals surface area contributed by atoms with E-state index >= 15 is 0 Å². The average molecular weight is 272 g/mol. The predicted octanol–water partition coefficient (Wildman–Crippen LogP) is 4.98. The highest BCUT2D eigenvalue weighted by Gasteiger charge is 2.17. The highest BCUT2D eigenvalue weighted by molar-refractivity contribution is 6.70. The molecule has 96 valence electrons. The SMILES string of the molecule is CCc1ccc2c(c1)Oc1cc(C)ccc1N=C2Cl. The molecule has 0 amide bonds. The standard InChI is InChI=1S/C16H14ClNO/c1-3-11-5-6-12-14(9-11)19-15-8-10(2)4-7-13(15)18-16(12)17/h4-9H,3H2,1-2H3. The summed E-state index contributed by atoms with van der Waals surface area (Å²) in [4.78, 5) is 4.43. The molecule has 0 bridgehead atoms. The summed E-state index contributed by atoms with van der Waals surface area (Å²) in [5.74, 6) is 1.53. The Hall–Kier alpha value is -1.80. The maximum Gasteiger partial charge on any atom is 0.153 e. The maximum atomic E-state index is 6.28. The number of aryl methyl sites for hydroxylation is 2. The second-order valence-corrected chi connectivity index (χ2v) is 5.02. The third-order valence-corrected chi connectivity index (χ3v) is 3.52. The van der Waals surface area contributed by atoms with Crippen molar-refractivity contribution in [2.75, 3.05) is 0 Å². The molecule has 0 aliphatic carbocycles. The summed E-state index contributed by atoms with van der Waals surface area (Å²) in [6.07, 6.45) is 0.964. The molecule has 3 heteroatoms. The van der Waals surface area contributed by atoms with Crippen molar-refractivity contribution >= 4 is 22.5 Å². The van der Waals surface area contributed by atoms with Crippen LogP contribution in [-0.4, -0.2) is 5.17 Å². The largest absolute Gasteiger partial charge is 0.454 e. The van der Waals surface area contributed by atoms with E-state index in [1.54, 1.807) is 0 Å². The van der Waals surface area contributed by atoms with Crippen LogP contribution < -0.4 is 4.74 Å². The lowest BCUT2D eigenvalue weighted by Gasteiger charge is -2.10. The zero-order chi connectivity index (χ0) is 13.4. The van der Waals surface area contributed by atoms with Crippen molar-refractivity contribution in [2.45, 2.75) is 20.3 Å². The zero-order valence-electron chi connectivity index (χ0n) is 10.9. The fourth-order valence-corrected chi connectivity index (χ4v) is 2.37. The van der Waals surface area contributed by atoms with Gasteiger partial charge in [0.2, 0.25) is 0 Å².